The predicted molar refractivity (Wildman–Crippen MR) is 140 cm³/mol. The van der Waals surface area contributed by atoms with Crippen molar-refractivity contribution in [2.75, 3.05) is 0 Å². The fourth-order valence-electron chi connectivity index (χ4n) is 5.94. The Morgan fingerprint density at radius 2 is 1.84 bits per heavy atom. The summed E-state index contributed by atoms with van der Waals surface area (Å²) in [6, 6.07) is 8.84. The van der Waals surface area contributed by atoms with Gasteiger partial charge in [0.15, 0.2) is 0 Å². The maximum Gasteiger partial charge on any atom is 0.338 e. The van der Waals surface area contributed by atoms with E-state index in [4.69, 9.17) is 14.2 Å². The summed E-state index contributed by atoms with van der Waals surface area (Å²) in [5.41, 5.74) is 1.73. The molecule has 2 aliphatic carbocycles. The van der Waals surface area contributed by atoms with Gasteiger partial charge in [-0.25, -0.2) is 4.79 Å². The van der Waals surface area contributed by atoms with Crippen LogP contribution in [-0.2, 0) is 23.8 Å². The molecule has 0 bridgehead atoms. The van der Waals surface area contributed by atoms with E-state index >= 15 is 0 Å². The summed E-state index contributed by atoms with van der Waals surface area (Å²) < 4.78 is 17.5. The quantitative estimate of drug-likeness (QED) is 0.314. The normalized spacial score (nSPS) is 31.9. The minimum absolute atomic E-state index is 0.0820. The molecule has 0 N–H and O–H groups in total. The first-order valence-corrected chi connectivity index (χ1v) is 13.8. The molecule has 0 saturated carbocycles. The minimum atomic E-state index is -0.488. The van der Waals surface area contributed by atoms with Crippen molar-refractivity contribution in [2.45, 2.75) is 84.5 Å². The lowest BCUT2D eigenvalue weighted by molar-refractivity contribution is -0.162. The third-order valence-corrected chi connectivity index (χ3v) is 8.20. The number of ether oxygens (including phenoxy) is 3. The summed E-state index contributed by atoms with van der Waals surface area (Å²) in [6.07, 6.45) is 9.49. The number of carbonyl (C=O) groups excluding carboxylic acids is 3. The molecule has 6 nitrogen and oxygen atoms in total. The van der Waals surface area contributed by atoms with Crippen LogP contribution in [0, 0.1) is 29.6 Å². The second kappa shape index (κ2) is 12.1. The highest BCUT2D eigenvalue weighted by atomic mass is 16.6. The Hall–Kier alpha value is -2.89. The van der Waals surface area contributed by atoms with Crippen molar-refractivity contribution in [3.05, 3.63) is 59.7 Å². The number of cyclic esters (lactones) is 1. The van der Waals surface area contributed by atoms with E-state index in [1.165, 1.54) is 5.57 Å². The van der Waals surface area contributed by atoms with Crippen LogP contribution in [0.15, 0.2) is 54.1 Å². The van der Waals surface area contributed by atoms with Gasteiger partial charge in [0.05, 0.1) is 17.9 Å². The lowest BCUT2D eigenvalue weighted by atomic mass is 9.65. The van der Waals surface area contributed by atoms with Crippen LogP contribution in [0.3, 0.4) is 0 Å². The van der Waals surface area contributed by atoms with Crippen LogP contribution >= 0.6 is 0 Å². The molecule has 1 saturated heterocycles. The molecule has 1 aromatic carbocycles. The van der Waals surface area contributed by atoms with E-state index in [-0.39, 0.29) is 48.3 Å². The van der Waals surface area contributed by atoms with Crippen LogP contribution in [0.4, 0.5) is 0 Å². The molecule has 37 heavy (non-hydrogen) atoms. The van der Waals surface area contributed by atoms with E-state index in [1.807, 2.05) is 19.9 Å². The van der Waals surface area contributed by atoms with Crippen molar-refractivity contribution in [3.8, 4) is 0 Å². The molecule has 0 amide bonds. The van der Waals surface area contributed by atoms with E-state index in [9.17, 15) is 14.4 Å². The van der Waals surface area contributed by atoms with Gasteiger partial charge in [0.1, 0.15) is 18.3 Å². The van der Waals surface area contributed by atoms with Crippen molar-refractivity contribution >= 4 is 17.9 Å². The third kappa shape index (κ3) is 6.71. The molecule has 1 heterocycles. The lowest BCUT2D eigenvalue weighted by Gasteiger charge is -2.43. The molecular formula is C31H40O6. The summed E-state index contributed by atoms with van der Waals surface area (Å²) in [4.78, 5) is 37.6. The van der Waals surface area contributed by atoms with Crippen LogP contribution in [0.2, 0.25) is 0 Å². The van der Waals surface area contributed by atoms with E-state index < -0.39 is 12.1 Å². The number of hydrogen-bond acceptors (Lipinski definition) is 6. The van der Waals surface area contributed by atoms with E-state index in [2.05, 4.69) is 32.1 Å². The fourth-order valence-corrected chi connectivity index (χ4v) is 5.94. The predicted octanol–water partition coefficient (Wildman–Crippen LogP) is 6.06. The second-order valence-electron chi connectivity index (χ2n) is 11.1. The standard InChI is InChI=1S/C31H40O6/c1-5-20(3)30(33)37-27-16-19(2)15-23-12-11-21(4)26(29(23)27)14-13-24-17-25(18-28(32)35-24)36-31(34)22-9-7-6-8-10-22/h6-12,15,19-21,24-27,29H,5,13-14,16-18H2,1-4H3/t19-,20-,21-,24+,25+,26-,27-,29-/m0/s1. The SMILES string of the molecule is CC[C@H](C)C(=O)O[C@H]1C[C@@H](C)C=C2C=C[C@H](C)[C@H](CC[C@@H]3C[C@@H](OC(=O)c4ccccc4)CC(=O)O3)[C@H]21. The van der Waals surface area contributed by atoms with Gasteiger partial charge in [0.25, 0.3) is 0 Å². The topological polar surface area (TPSA) is 78.9 Å². The maximum atomic E-state index is 12.7. The molecule has 0 unspecified atom stereocenters. The first kappa shape index (κ1) is 27.2. The van der Waals surface area contributed by atoms with Crippen LogP contribution < -0.4 is 0 Å². The van der Waals surface area contributed by atoms with Crippen molar-refractivity contribution in [1.29, 1.82) is 0 Å². The van der Waals surface area contributed by atoms with Gasteiger partial charge in [-0.15, -0.1) is 0 Å². The highest BCUT2D eigenvalue weighted by Crippen LogP contribution is 2.45. The number of hydrogen-bond donors (Lipinski definition) is 0. The van der Waals surface area contributed by atoms with Gasteiger partial charge < -0.3 is 14.2 Å². The van der Waals surface area contributed by atoms with Crippen molar-refractivity contribution in [3.63, 3.8) is 0 Å². The Balaban J connectivity index is 1.42. The van der Waals surface area contributed by atoms with Gasteiger partial charge in [-0.1, -0.05) is 64.1 Å². The zero-order chi connectivity index (χ0) is 26.5. The van der Waals surface area contributed by atoms with Crippen LogP contribution in [0.25, 0.3) is 0 Å². The van der Waals surface area contributed by atoms with E-state index in [1.54, 1.807) is 24.3 Å². The molecule has 6 heteroatoms. The van der Waals surface area contributed by atoms with Gasteiger partial charge in [-0.2, -0.15) is 0 Å². The molecule has 1 aromatic rings. The molecule has 1 fully saturated rings. The van der Waals surface area contributed by atoms with Gasteiger partial charge in [0.2, 0.25) is 0 Å². The van der Waals surface area contributed by atoms with Gasteiger partial charge in [0, 0.05) is 12.3 Å². The zero-order valence-electron chi connectivity index (χ0n) is 22.4. The molecule has 3 aliphatic rings. The number of fused-ring (bicyclic) bond motifs is 1. The monoisotopic (exact) mass is 508 g/mol. The number of benzene rings is 1. The molecule has 0 aromatic heterocycles. The summed E-state index contributed by atoms with van der Waals surface area (Å²) >= 11 is 0. The summed E-state index contributed by atoms with van der Waals surface area (Å²) in [6.45, 7) is 8.31. The zero-order valence-corrected chi connectivity index (χ0v) is 22.4. The van der Waals surface area contributed by atoms with Gasteiger partial charge >= 0.3 is 17.9 Å². The van der Waals surface area contributed by atoms with Crippen LogP contribution in [-0.4, -0.2) is 36.2 Å². The summed E-state index contributed by atoms with van der Waals surface area (Å²) in [7, 11) is 0. The Labute approximate surface area is 220 Å². The number of rotatable bonds is 8. The lowest BCUT2D eigenvalue weighted by Crippen LogP contribution is -2.42. The first-order chi connectivity index (χ1) is 17.7. The minimum Gasteiger partial charge on any atom is -0.462 e. The molecule has 0 spiro atoms. The largest absolute Gasteiger partial charge is 0.462 e. The van der Waals surface area contributed by atoms with E-state index in [0.717, 1.165) is 19.3 Å². The van der Waals surface area contributed by atoms with Crippen LogP contribution in [0.1, 0.15) is 76.6 Å². The maximum absolute atomic E-state index is 12.7. The number of allylic oxidation sites excluding steroid dienone is 3. The highest BCUT2D eigenvalue weighted by molar-refractivity contribution is 5.89. The molecule has 200 valence electrons. The Morgan fingerprint density at radius 1 is 1.08 bits per heavy atom. The fraction of sp³-hybridized carbons (Fsp3) is 0.581. The van der Waals surface area contributed by atoms with E-state index in [0.29, 0.717) is 30.2 Å². The van der Waals surface area contributed by atoms with Gasteiger partial charge in [-0.3, -0.25) is 9.59 Å². The third-order valence-electron chi connectivity index (χ3n) is 8.20. The van der Waals surface area contributed by atoms with Crippen molar-refractivity contribution in [1.82, 2.24) is 0 Å². The van der Waals surface area contributed by atoms with Crippen LogP contribution in [0.5, 0.6) is 0 Å². The number of carbonyl (C=O) groups is 3. The molecule has 1 aliphatic heterocycles. The molecular weight excluding hydrogens is 468 g/mol. The average Bonchev–Trinajstić information content (AvgIpc) is 2.87. The molecule has 4 rings (SSSR count). The second-order valence-corrected chi connectivity index (χ2v) is 11.1. The highest BCUT2D eigenvalue weighted by Gasteiger charge is 2.42. The first-order valence-electron chi connectivity index (χ1n) is 13.8. The Morgan fingerprint density at radius 3 is 2.57 bits per heavy atom. The summed E-state index contributed by atoms with van der Waals surface area (Å²) in [5.74, 6) is 0.0846. The van der Waals surface area contributed by atoms with Crippen molar-refractivity contribution < 1.29 is 28.6 Å². The molecule has 8 atom stereocenters. The Kier molecular flexibility index (Phi) is 8.88. The summed E-state index contributed by atoms with van der Waals surface area (Å²) in [5, 5.41) is 0. The van der Waals surface area contributed by atoms with Crippen molar-refractivity contribution in [2.24, 2.45) is 29.6 Å². The smallest absolute Gasteiger partial charge is 0.338 e. The molecule has 0 radical (unpaired) electrons. The number of esters is 3. The van der Waals surface area contributed by atoms with Gasteiger partial charge in [-0.05, 0) is 61.1 Å². The Bertz CT molecular complexity index is 1030. The average molecular weight is 509 g/mol.